The molecule has 3 heteroatoms. The van der Waals surface area contributed by atoms with E-state index < -0.39 is 0 Å². The van der Waals surface area contributed by atoms with Crippen molar-refractivity contribution < 1.29 is 14.6 Å². The molecule has 1 saturated heterocycles. The lowest BCUT2D eigenvalue weighted by Gasteiger charge is -2.61. The van der Waals surface area contributed by atoms with E-state index >= 15 is 0 Å². The molecular weight excluding hydrogens is 300 g/mol. The summed E-state index contributed by atoms with van der Waals surface area (Å²) in [6, 6.07) is 0. The average Bonchev–Trinajstić information content (AvgIpc) is 3.15. The van der Waals surface area contributed by atoms with Crippen molar-refractivity contribution in [2.24, 2.45) is 34.5 Å². The third-order valence-electron chi connectivity index (χ3n) is 9.44. The number of aliphatic hydroxyl groups excluding tert-OH is 1. The van der Waals surface area contributed by atoms with Crippen LogP contribution in [0.1, 0.15) is 71.6 Å². The van der Waals surface area contributed by atoms with Crippen molar-refractivity contribution in [2.75, 3.05) is 13.2 Å². The number of rotatable bonds is 0. The fourth-order valence-electron chi connectivity index (χ4n) is 8.12. The Kier molecular flexibility index (Phi) is 3.49. The highest BCUT2D eigenvalue weighted by Crippen LogP contribution is 2.69. The van der Waals surface area contributed by atoms with Gasteiger partial charge in [-0.1, -0.05) is 13.8 Å². The molecule has 3 nitrogen and oxygen atoms in total. The molecule has 0 unspecified atom stereocenters. The van der Waals surface area contributed by atoms with Crippen molar-refractivity contribution >= 4 is 0 Å². The number of aliphatic hydroxyl groups is 1. The topological polar surface area (TPSA) is 38.7 Å². The molecule has 5 fully saturated rings. The zero-order valence-electron chi connectivity index (χ0n) is 15.4. The lowest BCUT2D eigenvalue weighted by Crippen LogP contribution is -2.57. The Morgan fingerprint density at radius 3 is 2.38 bits per heavy atom. The van der Waals surface area contributed by atoms with Gasteiger partial charge in [0.1, 0.15) is 0 Å². The first kappa shape index (κ1) is 16.1. The molecule has 1 aliphatic heterocycles. The molecule has 4 saturated carbocycles. The van der Waals surface area contributed by atoms with E-state index in [1.165, 1.54) is 38.5 Å². The summed E-state index contributed by atoms with van der Waals surface area (Å²) in [7, 11) is 0. The molecule has 5 aliphatic rings. The highest BCUT2D eigenvalue weighted by Gasteiger charge is 2.67. The molecule has 24 heavy (non-hydrogen) atoms. The quantitative estimate of drug-likeness (QED) is 0.724. The van der Waals surface area contributed by atoms with Crippen molar-refractivity contribution in [1.29, 1.82) is 0 Å². The van der Waals surface area contributed by atoms with E-state index in [4.69, 9.17) is 9.47 Å². The number of hydrogen-bond donors (Lipinski definition) is 1. The van der Waals surface area contributed by atoms with Gasteiger partial charge in [-0.25, -0.2) is 0 Å². The van der Waals surface area contributed by atoms with Crippen LogP contribution in [0.2, 0.25) is 0 Å². The molecule has 0 amide bonds. The third kappa shape index (κ3) is 1.90. The number of hydrogen-bond acceptors (Lipinski definition) is 3. The molecule has 4 aliphatic carbocycles. The summed E-state index contributed by atoms with van der Waals surface area (Å²) in [6.07, 6.45) is 11.0. The van der Waals surface area contributed by atoms with Crippen LogP contribution >= 0.6 is 0 Å². The summed E-state index contributed by atoms with van der Waals surface area (Å²) in [5.41, 5.74) is 0.693. The van der Waals surface area contributed by atoms with Crippen molar-refractivity contribution in [3.05, 3.63) is 0 Å². The molecule has 0 bridgehead atoms. The Morgan fingerprint density at radius 1 is 0.833 bits per heavy atom. The Labute approximate surface area is 146 Å². The van der Waals surface area contributed by atoms with Gasteiger partial charge in [-0.3, -0.25) is 0 Å². The van der Waals surface area contributed by atoms with Gasteiger partial charge < -0.3 is 14.6 Å². The van der Waals surface area contributed by atoms with Crippen molar-refractivity contribution in [3.8, 4) is 0 Å². The molecule has 7 atom stereocenters. The van der Waals surface area contributed by atoms with Gasteiger partial charge in [0.05, 0.1) is 19.3 Å². The molecule has 1 N–H and O–H groups in total. The standard InChI is InChI=1S/C21H34O3/c1-19-8-5-15(22)13-14(19)3-4-16-17(19)6-9-20(2)18(16)7-10-21(20)23-11-12-24-21/h14-18,22H,3-13H2,1-2H3/t14-,15+,16+,17-,18+,19+,20+/m0/s1. The Hall–Kier alpha value is -0.120. The first-order chi connectivity index (χ1) is 11.5. The predicted molar refractivity (Wildman–Crippen MR) is 92.4 cm³/mol. The van der Waals surface area contributed by atoms with Crippen molar-refractivity contribution in [3.63, 3.8) is 0 Å². The fourth-order valence-corrected chi connectivity index (χ4v) is 8.12. The molecule has 5 rings (SSSR count). The second-order valence-electron chi connectivity index (χ2n) is 10.0. The van der Waals surface area contributed by atoms with E-state index in [-0.39, 0.29) is 17.3 Å². The van der Waals surface area contributed by atoms with Crippen LogP contribution in [0.5, 0.6) is 0 Å². The summed E-state index contributed by atoms with van der Waals surface area (Å²) >= 11 is 0. The van der Waals surface area contributed by atoms with E-state index in [0.29, 0.717) is 5.41 Å². The molecule has 1 heterocycles. The first-order valence-corrected chi connectivity index (χ1v) is 10.4. The lowest BCUT2D eigenvalue weighted by atomic mass is 9.45. The van der Waals surface area contributed by atoms with Gasteiger partial charge in [0, 0.05) is 11.8 Å². The third-order valence-corrected chi connectivity index (χ3v) is 9.44. The van der Waals surface area contributed by atoms with Crippen LogP contribution in [0.25, 0.3) is 0 Å². The van der Waals surface area contributed by atoms with E-state index in [0.717, 1.165) is 56.1 Å². The van der Waals surface area contributed by atoms with Crippen LogP contribution in [0, 0.1) is 34.5 Å². The average molecular weight is 335 g/mol. The van der Waals surface area contributed by atoms with Crippen LogP contribution in [-0.2, 0) is 9.47 Å². The van der Waals surface area contributed by atoms with Crippen LogP contribution in [-0.4, -0.2) is 30.2 Å². The van der Waals surface area contributed by atoms with Gasteiger partial charge in [0.25, 0.3) is 0 Å². The first-order valence-electron chi connectivity index (χ1n) is 10.4. The largest absolute Gasteiger partial charge is 0.393 e. The van der Waals surface area contributed by atoms with E-state index in [1.807, 2.05) is 0 Å². The highest BCUT2D eigenvalue weighted by atomic mass is 16.7. The van der Waals surface area contributed by atoms with Gasteiger partial charge in [-0.2, -0.15) is 0 Å². The lowest BCUT2D eigenvalue weighted by molar-refractivity contribution is -0.247. The van der Waals surface area contributed by atoms with Crippen molar-refractivity contribution in [2.45, 2.75) is 83.5 Å². The van der Waals surface area contributed by atoms with Gasteiger partial charge in [-0.05, 0) is 80.5 Å². The second-order valence-corrected chi connectivity index (χ2v) is 10.0. The maximum Gasteiger partial charge on any atom is 0.174 e. The monoisotopic (exact) mass is 334 g/mol. The highest BCUT2D eigenvalue weighted by molar-refractivity contribution is 5.12. The van der Waals surface area contributed by atoms with E-state index in [9.17, 15) is 5.11 Å². The number of ether oxygens (including phenoxy) is 2. The Morgan fingerprint density at radius 2 is 1.58 bits per heavy atom. The molecule has 0 radical (unpaired) electrons. The SMILES string of the molecule is C[C@@]12CC[C@@H](O)C[C@@H]1CC[C@H]1[C@H]3CCC4(OCCO4)[C@]3(C)CC[C@@H]12. The zero-order valence-corrected chi connectivity index (χ0v) is 15.4. The molecule has 0 aromatic carbocycles. The van der Waals surface area contributed by atoms with E-state index in [2.05, 4.69) is 13.8 Å². The molecule has 1 spiro atoms. The molecule has 136 valence electrons. The predicted octanol–water partition coefficient (Wildman–Crippen LogP) is 4.13. The van der Waals surface area contributed by atoms with Gasteiger partial charge in [0.15, 0.2) is 5.79 Å². The zero-order chi connectivity index (χ0) is 16.6. The summed E-state index contributed by atoms with van der Waals surface area (Å²) in [5.74, 6) is 2.98. The summed E-state index contributed by atoms with van der Waals surface area (Å²) in [5, 5.41) is 10.2. The minimum atomic E-state index is -0.261. The molecular formula is C21H34O3. The maximum absolute atomic E-state index is 10.2. The van der Waals surface area contributed by atoms with Crippen LogP contribution in [0.15, 0.2) is 0 Å². The maximum atomic E-state index is 10.2. The van der Waals surface area contributed by atoms with Crippen LogP contribution < -0.4 is 0 Å². The fraction of sp³-hybridized carbons (Fsp3) is 1.00. The van der Waals surface area contributed by atoms with Crippen LogP contribution in [0.3, 0.4) is 0 Å². The Balaban J connectivity index is 1.45. The Bertz CT molecular complexity index is 513. The molecule has 0 aromatic rings. The summed E-state index contributed by atoms with van der Waals surface area (Å²) < 4.78 is 12.5. The number of fused-ring (bicyclic) bond motifs is 6. The molecule has 0 aromatic heterocycles. The van der Waals surface area contributed by atoms with Crippen molar-refractivity contribution in [1.82, 2.24) is 0 Å². The van der Waals surface area contributed by atoms with Gasteiger partial charge in [-0.15, -0.1) is 0 Å². The van der Waals surface area contributed by atoms with Crippen LogP contribution in [0.4, 0.5) is 0 Å². The normalized spacial score (nSPS) is 55.9. The minimum Gasteiger partial charge on any atom is -0.393 e. The second kappa shape index (κ2) is 5.20. The van der Waals surface area contributed by atoms with E-state index in [1.54, 1.807) is 0 Å². The minimum absolute atomic E-state index is 0.0384. The van der Waals surface area contributed by atoms with Gasteiger partial charge in [0.2, 0.25) is 0 Å². The summed E-state index contributed by atoms with van der Waals surface area (Å²) in [4.78, 5) is 0. The summed E-state index contributed by atoms with van der Waals surface area (Å²) in [6.45, 7) is 6.61. The smallest absolute Gasteiger partial charge is 0.174 e. The van der Waals surface area contributed by atoms with Gasteiger partial charge >= 0.3 is 0 Å².